The summed E-state index contributed by atoms with van der Waals surface area (Å²) in [4.78, 5) is 22.5. The Bertz CT molecular complexity index is 662. The van der Waals surface area contributed by atoms with Crippen molar-refractivity contribution in [3.8, 4) is 0 Å². The number of para-hydroxylation sites is 1. The Kier molecular flexibility index (Phi) is 6.31. The third-order valence-electron chi connectivity index (χ3n) is 3.11. The number of aromatic nitrogens is 2. The lowest BCUT2D eigenvalue weighted by atomic mass is 10.3. The van der Waals surface area contributed by atoms with Crippen LogP contribution in [0.25, 0.3) is 0 Å². The Morgan fingerprint density at radius 2 is 2.04 bits per heavy atom. The predicted octanol–water partition coefficient (Wildman–Crippen LogP) is 2.75. The van der Waals surface area contributed by atoms with Crippen LogP contribution in [-0.2, 0) is 0 Å². The second-order valence-corrected chi connectivity index (χ2v) is 5.71. The highest BCUT2D eigenvalue weighted by atomic mass is 35.5. The van der Waals surface area contributed by atoms with Gasteiger partial charge in [0.25, 0.3) is 5.91 Å². The summed E-state index contributed by atoms with van der Waals surface area (Å²) in [5.74, 6) is 0.305. The number of amides is 1. The molecule has 7 heteroatoms. The number of carbonyl (C=O) groups excluding carboxylic acids is 1. The van der Waals surface area contributed by atoms with E-state index in [1.807, 2.05) is 14.1 Å². The molecule has 0 unspecified atom stereocenters. The van der Waals surface area contributed by atoms with Gasteiger partial charge in [0.05, 0.1) is 10.7 Å². The van der Waals surface area contributed by atoms with Gasteiger partial charge in [-0.15, -0.1) is 0 Å². The molecule has 6 nitrogen and oxygen atoms in total. The van der Waals surface area contributed by atoms with E-state index in [1.165, 1.54) is 6.33 Å². The van der Waals surface area contributed by atoms with Crippen LogP contribution < -0.4 is 10.6 Å². The molecule has 0 aliphatic heterocycles. The van der Waals surface area contributed by atoms with Crippen LogP contribution in [0.15, 0.2) is 36.7 Å². The first-order chi connectivity index (χ1) is 11.1. The number of hydrogen-bond acceptors (Lipinski definition) is 5. The maximum atomic E-state index is 12.2. The van der Waals surface area contributed by atoms with Gasteiger partial charge in [0, 0.05) is 12.6 Å². The number of carbonyl (C=O) groups is 1. The fourth-order valence-corrected chi connectivity index (χ4v) is 2.12. The Balaban J connectivity index is 1.96. The number of nitrogens with one attached hydrogen (secondary N) is 2. The maximum absolute atomic E-state index is 12.2. The van der Waals surface area contributed by atoms with E-state index in [-0.39, 0.29) is 11.6 Å². The number of nitrogens with zero attached hydrogens (tertiary/aromatic N) is 3. The number of benzene rings is 1. The van der Waals surface area contributed by atoms with Crippen molar-refractivity contribution >= 4 is 29.0 Å². The summed E-state index contributed by atoms with van der Waals surface area (Å²) in [6.45, 7) is 1.76. The summed E-state index contributed by atoms with van der Waals surface area (Å²) in [7, 11) is 4.06. The summed E-state index contributed by atoms with van der Waals surface area (Å²) < 4.78 is 0. The van der Waals surface area contributed by atoms with Crippen LogP contribution in [0.1, 0.15) is 16.9 Å². The summed E-state index contributed by atoms with van der Waals surface area (Å²) in [5.41, 5.74) is 0.841. The van der Waals surface area contributed by atoms with Gasteiger partial charge in [0.1, 0.15) is 17.8 Å². The Morgan fingerprint density at radius 3 is 2.78 bits per heavy atom. The van der Waals surface area contributed by atoms with Crippen molar-refractivity contribution in [1.29, 1.82) is 0 Å². The molecule has 0 saturated heterocycles. The molecule has 1 aromatic heterocycles. The van der Waals surface area contributed by atoms with Crippen molar-refractivity contribution in [3.63, 3.8) is 0 Å². The Labute approximate surface area is 140 Å². The van der Waals surface area contributed by atoms with Crippen molar-refractivity contribution in [2.75, 3.05) is 37.8 Å². The van der Waals surface area contributed by atoms with Crippen molar-refractivity contribution in [1.82, 2.24) is 14.9 Å². The Hall–Kier alpha value is -2.18. The van der Waals surface area contributed by atoms with Crippen LogP contribution in [0.3, 0.4) is 0 Å². The molecular weight excluding hydrogens is 314 g/mol. The molecule has 0 bridgehead atoms. The molecule has 23 heavy (non-hydrogen) atoms. The second-order valence-electron chi connectivity index (χ2n) is 5.31. The molecule has 0 radical (unpaired) electrons. The second kappa shape index (κ2) is 8.45. The molecule has 0 aliphatic carbocycles. The minimum atomic E-state index is -0.322. The molecule has 1 heterocycles. The molecule has 2 aromatic rings. The standard InChI is InChI=1S/C16H20ClN5O/c1-22(2)9-5-8-18-15-10-14(19-11-20-15)16(23)21-13-7-4-3-6-12(13)17/h3-4,6-7,10-11H,5,8-9H2,1-2H3,(H,21,23)(H,18,19,20). The van der Waals surface area contributed by atoms with E-state index >= 15 is 0 Å². The van der Waals surface area contributed by atoms with Crippen molar-refractivity contribution in [3.05, 3.63) is 47.4 Å². The summed E-state index contributed by atoms with van der Waals surface area (Å²) in [5, 5.41) is 6.41. The lowest BCUT2D eigenvalue weighted by molar-refractivity contribution is 0.102. The van der Waals surface area contributed by atoms with Crippen LogP contribution in [0.2, 0.25) is 5.02 Å². The van der Waals surface area contributed by atoms with Gasteiger partial charge in [-0.25, -0.2) is 9.97 Å². The molecule has 0 fully saturated rings. The fraction of sp³-hybridized carbons (Fsp3) is 0.312. The van der Waals surface area contributed by atoms with Crippen LogP contribution in [0.4, 0.5) is 11.5 Å². The summed E-state index contributed by atoms with van der Waals surface area (Å²) in [6.07, 6.45) is 2.36. The van der Waals surface area contributed by atoms with E-state index in [2.05, 4.69) is 25.5 Å². The highest BCUT2D eigenvalue weighted by Crippen LogP contribution is 2.21. The number of halogens is 1. The monoisotopic (exact) mass is 333 g/mol. The van der Waals surface area contributed by atoms with Crippen LogP contribution >= 0.6 is 11.6 Å². The van der Waals surface area contributed by atoms with Crippen molar-refractivity contribution in [2.45, 2.75) is 6.42 Å². The lowest BCUT2D eigenvalue weighted by Crippen LogP contribution is -2.17. The molecule has 2 rings (SSSR count). The zero-order chi connectivity index (χ0) is 16.7. The first kappa shape index (κ1) is 17.2. The first-order valence-corrected chi connectivity index (χ1v) is 7.70. The summed E-state index contributed by atoms with van der Waals surface area (Å²) in [6, 6.07) is 8.69. The molecule has 0 spiro atoms. The lowest BCUT2D eigenvalue weighted by Gasteiger charge is -2.10. The van der Waals surface area contributed by atoms with Gasteiger partial charge in [0.2, 0.25) is 0 Å². The van der Waals surface area contributed by atoms with E-state index < -0.39 is 0 Å². The van der Waals surface area contributed by atoms with Gasteiger partial charge in [-0.1, -0.05) is 23.7 Å². The smallest absolute Gasteiger partial charge is 0.274 e. The van der Waals surface area contributed by atoms with E-state index in [0.717, 1.165) is 19.5 Å². The fourth-order valence-electron chi connectivity index (χ4n) is 1.94. The minimum absolute atomic E-state index is 0.287. The topological polar surface area (TPSA) is 70.2 Å². The van der Waals surface area contributed by atoms with E-state index in [4.69, 9.17) is 11.6 Å². The van der Waals surface area contributed by atoms with Crippen molar-refractivity contribution in [2.24, 2.45) is 0 Å². The average Bonchev–Trinajstić information content (AvgIpc) is 2.54. The maximum Gasteiger partial charge on any atom is 0.274 e. The van der Waals surface area contributed by atoms with Crippen molar-refractivity contribution < 1.29 is 4.79 Å². The molecule has 0 atom stereocenters. The van der Waals surface area contributed by atoms with Gasteiger partial charge in [-0.3, -0.25) is 4.79 Å². The third kappa shape index (κ3) is 5.50. The quantitative estimate of drug-likeness (QED) is 0.762. The average molecular weight is 334 g/mol. The van der Waals surface area contributed by atoms with Gasteiger partial charge < -0.3 is 15.5 Å². The van der Waals surface area contributed by atoms with E-state index in [9.17, 15) is 4.79 Å². The molecule has 122 valence electrons. The normalized spacial score (nSPS) is 10.6. The molecular formula is C16H20ClN5O. The number of hydrogen-bond donors (Lipinski definition) is 2. The van der Waals surface area contributed by atoms with E-state index in [0.29, 0.717) is 16.5 Å². The SMILES string of the molecule is CN(C)CCCNc1cc(C(=O)Nc2ccccc2Cl)ncn1. The molecule has 0 saturated carbocycles. The highest BCUT2D eigenvalue weighted by molar-refractivity contribution is 6.33. The molecule has 0 aliphatic rings. The Morgan fingerprint density at radius 1 is 1.26 bits per heavy atom. The first-order valence-electron chi connectivity index (χ1n) is 7.33. The van der Waals surface area contributed by atoms with Gasteiger partial charge in [-0.2, -0.15) is 0 Å². The third-order valence-corrected chi connectivity index (χ3v) is 3.44. The molecule has 1 aromatic carbocycles. The highest BCUT2D eigenvalue weighted by Gasteiger charge is 2.10. The molecule has 2 N–H and O–H groups in total. The van der Waals surface area contributed by atoms with Crippen LogP contribution in [-0.4, -0.2) is 48.0 Å². The zero-order valence-corrected chi connectivity index (χ0v) is 14.0. The number of rotatable bonds is 7. The van der Waals surface area contributed by atoms with Crippen LogP contribution in [0.5, 0.6) is 0 Å². The zero-order valence-electron chi connectivity index (χ0n) is 13.2. The van der Waals surface area contributed by atoms with Crippen LogP contribution in [0, 0.1) is 0 Å². The van der Waals surface area contributed by atoms with Gasteiger partial charge in [0.15, 0.2) is 0 Å². The molecule has 1 amide bonds. The minimum Gasteiger partial charge on any atom is -0.370 e. The van der Waals surface area contributed by atoms with E-state index in [1.54, 1.807) is 30.3 Å². The number of anilines is 2. The summed E-state index contributed by atoms with van der Waals surface area (Å²) >= 11 is 6.03. The largest absolute Gasteiger partial charge is 0.370 e. The predicted molar refractivity (Wildman–Crippen MR) is 93.1 cm³/mol. The van der Waals surface area contributed by atoms with Gasteiger partial charge >= 0.3 is 0 Å². The van der Waals surface area contributed by atoms with Gasteiger partial charge in [-0.05, 0) is 39.2 Å².